The van der Waals surface area contributed by atoms with Crippen molar-refractivity contribution in [3.05, 3.63) is 47.5 Å². The van der Waals surface area contributed by atoms with Gasteiger partial charge in [0.1, 0.15) is 11.4 Å². The maximum atomic E-state index is 13.1. The molecule has 7 heteroatoms. The van der Waals surface area contributed by atoms with Crippen molar-refractivity contribution in [3.63, 3.8) is 0 Å². The molecule has 1 heterocycles. The summed E-state index contributed by atoms with van der Waals surface area (Å²) < 4.78 is 19.7. The molecule has 0 fully saturated rings. The van der Waals surface area contributed by atoms with Crippen molar-refractivity contribution < 1.29 is 18.7 Å². The van der Waals surface area contributed by atoms with E-state index in [0.29, 0.717) is 16.9 Å². The highest BCUT2D eigenvalue weighted by atomic mass is 19.1. The third-order valence-corrected chi connectivity index (χ3v) is 3.20. The lowest BCUT2D eigenvalue weighted by Gasteiger charge is -2.13. The van der Waals surface area contributed by atoms with E-state index >= 15 is 0 Å². The second kappa shape index (κ2) is 6.38. The van der Waals surface area contributed by atoms with Crippen LogP contribution in [-0.2, 0) is 16.6 Å². The fraction of sp³-hybridized carbons (Fsp3) is 0.267. The Hall–Kier alpha value is -2.70. The Labute approximate surface area is 126 Å². The molecule has 2 rings (SSSR count). The predicted octanol–water partition coefficient (Wildman–Crippen LogP) is 2.05. The SMILES string of the molecule is Cc1c(C(=O)OC(C)C(=O)Nc2cccc(F)c2)cnn1C. The normalized spacial score (nSPS) is 11.8. The Bertz CT molecular complexity index is 712. The van der Waals surface area contributed by atoms with E-state index in [2.05, 4.69) is 10.4 Å². The van der Waals surface area contributed by atoms with Gasteiger partial charge in [-0.2, -0.15) is 5.10 Å². The number of carbonyl (C=O) groups is 2. The maximum absolute atomic E-state index is 13.1. The first kappa shape index (κ1) is 15.7. The lowest BCUT2D eigenvalue weighted by molar-refractivity contribution is -0.123. The number of amides is 1. The van der Waals surface area contributed by atoms with E-state index in [1.165, 1.54) is 36.0 Å². The number of nitrogens with one attached hydrogen (secondary N) is 1. The Morgan fingerprint density at radius 2 is 2.14 bits per heavy atom. The van der Waals surface area contributed by atoms with Gasteiger partial charge in [0.2, 0.25) is 0 Å². The van der Waals surface area contributed by atoms with Crippen molar-refractivity contribution in [2.75, 3.05) is 5.32 Å². The molecule has 116 valence electrons. The highest BCUT2D eigenvalue weighted by molar-refractivity contribution is 5.97. The van der Waals surface area contributed by atoms with Crippen molar-refractivity contribution in [1.29, 1.82) is 0 Å². The van der Waals surface area contributed by atoms with Crippen LogP contribution in [0, 0.1) is 12.7 Å². The Morgan fingerprint density at radius 1 is 1.41 bits per heavy atom. The van der Waals surface area contributed by atoms with Crippen LogP contribution in [0.5, 0.6) is 0 Å². The number of ether oxygens (including phenoxy) is 1. The summed E-state index contributed by atoms with van der Waals surface area (Å²) in [5.74, 6) is -1.64. The Balaban J connectivity index is 1.99. The molecule has 0 saturated carbocycles. The molecular weight excluding hydrogens is 289 g/mol. The monoisotopic (exact) mass is 305 g/mol. The van der Waals surface area contributed by atoms with Crippen LogP contribution >= 0.6 is 0 Å². The van der Waals surface area contributed by atoms with E-state index in [-0.39, 0.29) is 0 Å². The molecule has 0 aliphatic carbocycles. The highest BCUT2D eigenvalue weighted by Gasteiger charge is 2.21. The van der Waals surface area contributed by atoms with Gasteiger partial charge in [-0.1, -0.05) is 6.07 Å². The van der Waals surface area contributed by atoms with Crippen LogP contribution in [0.2, 0.25) is 0 Å². The minimum absolute atomic E-state index is 0.297. The van der Waals surface area contributed by atoms with E-state index in [1.807, 2.05) is 0 Å². The molecule has 1 aromatic carbocycles. The second-order valence-corrected chi connectivity index (χ2v) is 4.81. The first-order chi connectivity index (χ1) is 10.4. The molecule has 1 N–H and O–H groups in total. The number of esters is 1. The van der Waals surface area contributed by atoms with Crippen LogP contribution in [0.1, 0.15) is 23.0 Å². The summed E-state index contributed by atoms with van der Waals surface area (Å²) in [6.45, 7) is 3.17. The number of hydrogen-bond acceptors (Lipinski definition) is 4. The van der Waals surface area contributed by atoms with Crippen molar-refractivity contribution in [2.24, 2.45) is 7.05 Å². The smallest absolute Gasteiger partial charge is 0.342 e. The van der Waals surface area contributed by atoms with Gasteiger partial charge in [0.05, 0.1) is 6.20 Å². The highest BCUT2D eigenvalue weighted by Crippen LogP contribution is 2.12. The van der Waals surface area contributed by atoms with Gasteiger partial charge >= 0.3 is 5.97 Å². The lowest BCUT2D eigenvalue weighted by atomic mass is 10.2. The second-order valence-electron chi connectivity index (χ2n) is 4.81. The summed E-state index contributed by atoms with van der Waals surface area (Å²) >= 11 is 0. The number of anilines is 1. The van der Waals surface area contributed by atoms with Crippen molar-refractivity contribution >= 4 is 17.6 Å². The average Bonchev–Trinajstić information content (AvgIpc) is 2.79. The third-order valence-electron chi connectivity index (χ3n) is 3.20. The molecule has 0 aliphatic heterocycles. The molecule has 22 heavy (non-hydrogen) atoms. The average molecular weight is 305 g/mol. The molecule has 0 saturated heterocycles. The molecule has 1 aromatic heterocycles. The standard InChI is InChI=1S/C15H16FN3O3/c1-9-13(8-17-19(9)3)15(21)22-10(2)14(20)18-12-6-4-5-11(16)7-12/h4-8,10H,1-3H3,(H,18,20). The summed E-state index contributed by atoms with van der Waals surface area (Å²) in [6.07, 6.45) is 0.366. The molecule has 1 unspecified atom stereocenters. The molecular formula is C15H16FN3O3. The number of aryl methyl sites for hydroxylation is 1. The Morgan fingerprint density at radius 3 is 2.73 bits per heavy atom. The number of halogens is 1. The minimum Gasteiger partial charge on any atom is -0.449 e. The summed E-state index contributed by atoms with van der Waals surface area (Å²) in [7, 11) is 1.70. The van der Waals surface area contributed by atoms with Gasteiger partial charge in [-0.15, -0.1) is 0 Å². The molecule has 6 nitrogen and oxygen atoms in total. The fourth-order valence-corrected chi connectivity index (χ4v) is 1.79. The van der Waals surface area contributed by atoms with E-state index in [9.17, 15) is 14.0 Å². The van der Waals surface area contributed by atoms with Crippen molar-refractivity contribution in [1.82, 2.24) is 9.78 Å². The van der Waals surface area contributed by atoms with Crippen LogP contribution in [0.15, 0.2) is 30.5 Å². The molecule has 1 atom stereocenters. The maximum Gasteiger partial charge on any atom is 0.342 e. The van der Waals surface area contributed by atoms with Gasteiger partial charge in [-0.3, -0.25) is 9.48 Å². The van der Waals surface area contributed by atoms with Gasteiger partial charge in [-0.05, 0) is 32.0 Å². The van der Waals surface area contributed by atoms with E-state index < -0.39 is 23.8 Å². The van der Waals surface area contributed by atoms with Crippen LogP contribution < -0.4 is 5.32 Å². The largest absolute Gasteiger partial charge is 0.449 e. The van der Waals surface area contributed by atoms with Gasteiger partial charge in [0, 0.05) is 18.4 Å². The molecule has 1 amide bonds. The number of nitrogens with zero attached hydrogens (tertiary/aromatic N) is 2. The summed E-state index contributed by atoms with van der Waals surface area (Å²) in [5, 5.41) is 6.42. The van der Waals surface area contributed by atoms with E-state index in [0.717, 1.165) is 0 Å². The van der Waals surface area contributed by atoms with E-state index in [1.54, 1.807) is 20.0 Å². The first-order valence-electron chi connectivity index (χ1n) is 6.64. The Kier molecular flexibility index (Phi) is 4.55. The molecule has 0 bridgehead atoms. The minimum atomic E-state index is -1.02. The third kappa shape index (κ3) is 3.49. The van der Waals surface area contributed by atoms with Gasteiger partial charge < -0.3 is 10.1 Å². The van der Waals surface area contributed by atoms with Crippen LogP contribution in [0.25, 0.3) is 0 Å². The fourth-order valence-electron chi connectivity index (χ4n) is 1.79. The zero-order valence-electron chi connectivity index (χ0n) is 12.5. The topological polar surface area (TPSA) is 73.2 Å². The van der Waals surface area contributed by atoms with Crippen LogP contribution in [-0.4, -0.2) is 27.8 Å². The molecule has 0 radical (unpaired) electrons. The van der Waals surface area contributed by atoms with Gasteiger partial charge in [0.25, 0.3) is 5.91 Å². The first-order valence-corrected chi connectivity index (χ1v) is 6.64. The number of rotatable bonds is 4. The van der Waals surface area contributed by atoms with Crippen LogP contribution in [0.3, 0.4) is 0 Å². The molecule has 0 spiro atoms. The predicted molar refractivity (Wildman–Crippen MR) is 77.9 cm³/mol. The summed E-state index contributed by atoms with van der Waals surface area (Å²) in [6, 6.07) is 5.46. The zero-order chi connectivity index (χ0) is 16.3. The quantitative estimate of drug-likeness (QED) is 0.877. The van der Waals surface area contributed by atoms with Crippen LogP contribution in [0.4, 0.5) is 10.1 Å². The lowest BCUT2D eigenvalue weighted by Crippen LogP contribution is -2.30. The summed E-state index contributed by atoms with van der Waals surface area (Å²) in [5.41, 5.74) is 1.24. The molecule has 0 aliphatic rings. The molecule has 2 aromatic rings. The number of carbonyl (C=O) groups excluding carboxylic acids is 2. The van der Waals surface area contributed by atoms with Gasteiger partial charge in [-0.25, -0.2) is 9.18 Å². The van der Waals surface area contributed by atoms with Gasteiger partial charge in [0.15, 0.2) is 6.10 Å². The number of hydrogen-bond donors (Lipinski definition) is 1. The van der Waals surface area contributed by atoms with E-state index in [4.69, 9.17) is 4.74 Å². The zero-order valence-corrected chi connectivity index (χ0v) is 12.5. The van der Waals surface area contributed by atoms with Crippen molar-refractivity contribution in [3.8, 4) is 0 Å². The summed E-state index contributed by atoms with van der Waals surface area (Å²) in [4.78, 5) is 23.9. The van der Waals surface area contributed by atoms with Crippen molar-refractivity contribution in [2.45, 2.75) is 20.0 Å². The number of aromatic nitrogens is 2. The number of benzene rings is 1.